The average molecular weight is 422 g/mol. The second-order valence-electron chi connectivity index (χ2n) is 7.94. The zero-order valence-corrected chi connectivity index (χ0v) is 17.3. The van der Waals surface area contributed by atoms with Crippen LogP contribution < -0.4 is 4.74 Å². The standard InChI is InChI=1S/C23H23FN4O3/c1-27-9-7-20(26-27)15-4-5-16(19(24)11-15)12-28-13-17-6-8-25-22(21(17)23(28)29)31-14-18-3-2-10-30-18/h4-9,11,18H,2-3,10,12-14H2,1H3. The van der Waals surface area contributed by atoms with Crippen LogP contribution >= 0.6 is 0 Å². The molecule has 2 aliphatic rings. The first-order valence-corrected chi connectivity index (χ1v) is 10.4. The number of nitrogens with zero attached hydrogens (tertiary/aromatic N) is 4. The zero-order valence-electron chi connectivity index (χ0n) is 17.3. The molecule has 2 aliphatic heterocycles. The van der Waals surface area contributed by atoms with Crippen LogP contribution in [0, 0.1) is 5.82 Å². The van der Waals surface area contributed by atoms with E-state index in [2.05, 4.69) is 10.1 Å². The molecule has 3 aromatic rings. The lowest BCUT2D eigenvalue weighted by molar-refractivity contribution is 0.0643. The number of hydrogen-bond acceptors (Lipinski definition) is 5. The zero-order chi connectivity index (χ0) is 21.4. The fourth-order valence-corrected chi connectivity index (χ4v) is 4.07. The van der Waals surface area contributed by atoms with Crippen LogP contribution in [0.25, 0.3) is 11.3 Å². The molecule has 0 N–H and O–H groups in total. The second kappa shape index (κ2) is 8.11. The van der Waals surface area contributed by atoms with Gasteiger partial charge in [-0.15, -0.1) is 0 Å². The summed E-state index contributed by atoms with van der Waals surface area (Å²) >= 11 is 0. The molecule has 160 valence electrons. The largest absolute Gasteiger partial charge is 0.474 e. The van der Waals surface area contributed by atoms with Gasteiger partial charge in [-0.3, -0.25) is 9.48 Å². The van der Waals surface area contributed by atoms with Gasteiger partial charge < -0.3 is 14.4 Å². The number of benzene rings is 1. The normalized spacial score (nSPS) is 17.9. The highest BCUT2D eigenvalue weighted by Crippen LogP contribution is 2.31. The molecule has 5 rings (SSSR count). The van der Waals surface area contributed by atoms with Crippen molar-refractivity contribution in [1.29, 1.82) is 0 Å². The Morgan fingerprint density at radius 1 is 1.29 bits per heavy atom. The predicted molar refractivity (Wildman–Crippen MR) is 111 cm³/mol. The van der Waals surface area contributed by atoms with E-state index in [0.29, 0.717) is 41.4 Å². The van der Waals surface area contributed by atoms with Crippen LogP contribution in [0.2, 0.25) is 0 Å². The fraction of sp³-hybridized carbons (Fsp3) is 0.348. The molecular formula is C23H23FN4O3. The van der Waals surface area contributed by atoms with E-state index in [0.717, 1.165) is 25.0 Å². The number of pyridine rings is 1. The van der Waals surface area contributed by atoms with E-state index < -0.39 is 0 Å². The molecule has 1 atom stereocenters. The number of aromatic nitrogens is 3. The minimum absolute atomic E-state index is 0.0389. The van der Waals surface area contributed by atoms with Crippen molar-refractivity contribution < 1.29 is 18.7 Å². The van der Waals surface area contributed by atoms with Crippen molar-refractivity contribution >= 4 is 5.91 Å². The number of hydrogen-bond donors (Lipinski definition) is 0. The number of rotatable bonds is 6. The Hall–Kier alpha value is -3.26. The predicted octanol–water partition coefficient (Wildman–Crippen LogP) is 3.34. The SMILES string of the molecule is Cn1ccc(-c2ccc(CN3Cc4ccnc(OCC5CCCO5)c4C3=O)c(F)c2)n1. The molecule has 0 spiro atoms. The maximum atomic E-state index is 14.8. The highest BCUT2D eigenvalue weighted by atomic mass is 19.1. The summed E-state index contributed by atoms with van der Waals surface area (Å²) in [5.41, 5.74) is 3.16. The molecule has 0 saturated carbocycles. The van der Waals surface area contributed by atoms with E-state index >= 15 is 0 Å². The molecule has 1 amide bonds. The lowest BCUT2D eigenvalue weighted by atomic mass is 10.1. The summed E-state index contributed by atoms with van der Waals surface area (Å²) in [5.74, 6) is -0.231. The molecule has 0 radical (unpaired) electrons. The molecule has 1 aromatic carbocycles. The third kappa shape index (κ3) is 3.90. The number of carbonyl (C=O) groups is 1. The molecule has 8 heteroatoms. The summed E-state index contributed by atoms with van der Waals surface area (Å²) in [6.45, 7) is 1.69. The monoisotopic (exact) mass is 422 g/mol. The Balaban J connectivity index is 1.31. The molecular weight excluding hydrogens is 399 g/mol. The van der Waals surface area contributed by atoms with Crippen molar-refractivity contribution in [3.05, 3.63) is 65.2 Å². The van der Waals surface area contributed by atoms with Crippen molar-refractivity contribution in [3.63, 3.8) is 0 Å². The van der Waals surface area contributed by atoms with Gasteiger partial charge in [-0.2, -0.15) is 5.10 Å². The van der Waals surface area contributed by atoms with Crippen LogP contribution in [0.15, 0.2) is 42.7 Å². The summed E-state index contributed by atoms with van der Waals surface area (Å²) in [7, 11) is 1.82. The van der Waals surface area contributed by atoms with E-state index in [9.17, 15) is 9.18 Å². The van der Waals surface area contributed by atoms with Crippen LogP contribution in [0.1, 0.15) is 34.3 Å². The van der Waals surface area contributed by atoms with Gasteiger partial charge in [-0.05, 0) is 36.6 Å². The van der Waals surface area contributed by atoms with E-state index in [1.54, 1.807) is 21.8 Å². The summed E-state index contributed by atoms with van der Waals surface area (Å²) in [6, 6.07) is 8.64. The molecule has 1 fully saturated rings. The molecule has 31 heavy (non-hydrogen) atoms. The summed E-state index contributed by atoms with van der Waals surface area (Å²) in [5, 5.41) is 4.31. The van der Waals surface area contributed by atoms with E-state index in [-0.39, 0.29) is 24.4 Å². The van der Waals surface area contributed by atoms with Crippen molar-refractivity contribution in [2.24, 2.45) is 7.05 Å². The smallest absolute Gasteiger partial charge is 0.260 e. The van der Waals surface area contributed by atoms with Gasteiger partial charge >= 0.3 is 0 Å². The summed E-state index contributed by atoms with van der Waals surface area (Å²) in [6.07, 6.45) is 5.46. The van der Waals surface area contributed by atoms with Crippen LogP contribution in [-0.2, 0) is 24.9 Å². The number of carbonyl (C=O) groups excluding carboxylic acids is 1. The maximum absolute atomic E-state index is 14.8. The van der Waals surface area contributed by atoms with Gasteiger partial charge in [0.15, 0.2) is 0 Å². The molecule has 1 saturated heterocycles. The first-order valence-electron chi connectivity index (χ1n) is 10.4. The van der Waals surface area contributed by atoms with E-state index in [1.807, 2.05) is 31.4 Å². The number of aryl methyl sites for hydroxylation is 1. The quantitative estimate of drug-likeness (QED) is 0.610. The van der Waals surface area contributed by atoms with Crippen molar-refractivity contribution in [2.75, 3.05) is 13.2 Å². The van der Waals surface area contributed by atoms with Crippen LogP contribution in [-0.4, -0.2) is 44.9 Å². The van der Waals surface area contributed by atoms with Gasteiger partial charge in [0.2, 0.25) is 5.88 Å². The van der Waals surface area contributed by atoms with Gasteiger partial charge in [0.25, 0.3) is 5.91 Å². The van der Waals surface area contributed by atoms with Gasteiger partial charge in [0.1, 0.15) is 18.0 Å². The first-order chi connectivity index (χ1) is 15.1. The van der Waals surface area contributed by atoms with Gasteiger partial charge in [-0.25, -0.2) is 9.37 Å². The Morgan fingerprint density at radius 2 is 2.19 bits per heavy atom. The lowest BCUT2D eigenvalue weighted by Gasteiger charge is -2.17. The topological polar surface area (TPSA) is 69.5 Å². The van der Waals surface area contributed by atoms with Crippen LogP contribution in [0.5, 0.6) is 5.88 Å². The van der Waals surface area contributed by atoms with Crippen molar-refractivity contribution in [1.82, 2.24) is 19.7 Å². The third-order valence-corrected chi connectivity index (χ3v) is 5.72. The second-order valence-corrected chi connectivity index (χ2v) is 7.94. The fourth-order valence-electron chi connectivity index (χ4n) is 4.07. The van der Waals surface area contributed by atoms with E-state index in [1.165, 1.54) is 6.07 Å². The van der Waals surface area contributed by atoms with Crippen molar-refractivity contribution in [2.45, 2.75) is 32.0 Å². The molecule has 1 unspecified atom stereocenters. The lowest BCUT2D eigenvalue weighted by Crippen LogP contribution is -2.24. The minimum Gasteiger partial charge on any atom is -0.474 e. The minimum atomic E-state index is -0.361. The van der Waals surface area contributed by atoms with Gasteiger partial charge in [0, 0.05) is 50.3 Å². The Morgan fingerprint density at radius 3 is 2.94 bits per heavy atom. The van der Waals surface area contributed by atoms with Gasteiger partial charge in [0.05, 0.1) is 11.8 Å². The number of amides is 1. The Labute approximate surface area is 179 Å². The molecule has 0 bridgehead atoms. The van der Waals surface area contributed by atoms with Crippen LogP contribution in [0.3, 0.4) is 0 Å². The highest BCUT2D eigenvalue weighted by Gasteiger charge is 2.32. The Kier molecular flexibility index (Phi) is 5.15. The van der Waals surface area contributed by atoms with E-state index in [4.69, 9.17) is 9.47 Å². The number of halogens is 1. The molecule has 0 aliphatic carbocycles. The summed E-state index contributed by atoms with van der Waals surface area (Å²) < 4.78 is 27.9. The maximum Gasteiger partial charge on any atom is 0.260 e. The average Bonchev–Trinajstić information content (AvgIpc) is 3.50. The Bertz CT molecular complexity index is 1120. The molecule has 2 aromatic heterocycles. The van der Waals surface area contributed by atoms with Crippen LogP contribution in [0.4, 0.5) is 4.39 Å². The highest BCUT2D eigenvalue weighted by molar-refractivity contribution is 6.00. The third-order valence-electron chi connectivity index (χ3n) is 5.72. The molecule has 7 nitrogen and oxygen atoms in total. The number of ether oxygens (including phenoxy) is 2. The molecule has 4 heterocycles. The summed E-state index contributed by atoms with van der Waals surface area (Å²) in [4.78, 5) is 18.9. The number of fused-ring (bicyclic) bond motifs is 1. The van der Waals surface area contributed by atoms with Gasteiger partial charge in [-0.1, -0.05) is 12.1 Å². The first kappa shape index (κ1) is 19.7. The van der Waals surface area contributed by atoms with Crippen molar-refractivity contribution in [3.8, 4) is 17.1 Å².